The van der Waals surface area contributed by atoms with Crippen LogP contribution in [0.2, 0.25) is 0 Å². The molecule has 0 bridgehead atoms. The minimum Gasteiger partial charge on any atom is -0.399 e. The number of anilines is 2. The third-order valence-corrected chi connectivity index (χ3v) is 8.28. The third kappa shape index (κ3) is 5.01. The van der Waals surface area contributed by atoms with E-state index in [0.717, 1.165) is 30.8 Å². The van der Waals surface area contributed by atoms with Gasteiger partial charge in [0.15, 0.2) is 11.0 Å². The molecule has 1 heterocycles. The van der Waals surface area contributed by atoms with Gasteiger partial charge in [-0.1, -0.05) is 50.1 Å². The summed E-state index contributed by atoms with van der Waals surface area (Å²) in [5.74, 6) is 0. The van der Waals surface area contributed by atoms with Crippen LogP contribution in [-0.2, 0) is 17.5 Å². The van der Waals surface area contributed by atoms with Crippen LogP contribution in [0, 0.1) is 0 Å². The molecule has 1 aromatic heterocycles. The minimum atomic E-state index is -1.59. The molecule has 2 atom stereocenters. The SMILES string of the molecule is Nc1ccc(S(=O)N(CC(F)Cn2c3ccc(Br)cc3c3cc(Br)ccc32)c2ccccc2)cc1. The fourth-order valence-electron chi connectivity index (χ4n) is 4.26. The van der Waals surface area contributed by atoms with Gasteiger partial charge >= 0.3 is 0 Å². The largest absolute Gasteiger partial charge is 0.399 e. The van der Waals surface area contributed by atoms with E-state index >= 15 is 4.39 Å². The Balaban J connectivity index is 1.50. The first-order valence-electron chi connectivity index (χ1n) is 11.0. The zero-order valence-corrected chi connectivity index (χ0v) is 22.6. The van der Waals surface area contributed by atoms with Crippen LogP contribution in [0.4, 0.5) is 15.8 Å². The van der Waals surface area contributed by atoms with E-state index in [1.807, 2.05) is 59.2 Å². The molecule has 0 aliphatic carbocycles. The van der Waals surface area contributed by atoms with E-state index < -0.39 is 17.2 Å². The first-order valence-corrected chi connectivity index (χ1v) is 13.7. The van der Waals surface area contributed by atoms with Crippen LogP contribution in [0.15, 0.2) is 105 Å². The number of rotatable bonds is 7. The molecule has 2 unspecified atom stereocenters. The highest BCUT2D eigenvalue weighted by Crippen LogP contribution is 2.33. The Morgan fingerprint density at radius 2 is 1.43 bits per heavy atom. The van der Waals surface area contributed by atoms with Crippen molar-refractivity contribution in [3.63, 3.8) is 0 Å². The summed E-state index contributed by atoms with van der Waals surface area (Å²) in [5.41, 5.74) is 8.99. The highest BCUT2D eigenvalue weighted by atomic mass is 79.9. The number of nitrogens with two attached hydrogens (primary N) is 1. The zero-order valence-electron chi connectivity index (χ0n) is 18.6. The van der Waals surface area contributed by atoms with Gasteiger partial charge in [-0.15, -0.1) is 0 Å². The monoisotopic (exact) mass is 613 g/mol. The highest BCUT2D eigenvalue weighted by Gasteiger charge is 2.23. The van der Waals surface area contributed by atoms with Crippen molar-refractivity contribution in [2.45, 2.75) is 17.6 Å². The number of alkyl halides is 1. The average molecular weight is 615 g/mol. The van der Waals surface area contributed by atoms with Gasteiger partial charge in [-0.2, -0.15) is 0 Å². The van der Waals surface area contributed by atoms with E-state index in [2.05, 4.69) is 44.0 Å². The molecule has 8 heteroatoms. The Morgan fingerprint density at radius 1 is 0.857 bits per heavy atom. The normalized spacial score (nSPS) is 13.2. The summed E-state index contributed by atoms with van der Waals surface area (Å²) < 4.78 is 34.9. The fraction of sp³-hybridized carbons (Fsp3) is 0.111. The van der Waals surface area contributed by atoms with E-state index in [-0.39, 0.29) is 13.1 Å². The number of nitrogen functional groups attached to an aromatic ring is 1. The molecule has 0 aliphatic rings. The van der Waals surface area contributed by atoms with E-state index in [4.69, 9.17) is 5.73 Å². The fourth-order valence-corrected chi connectivity index (χ4v) is 6.21. The highest BCUT2D eigenvalue weighted by molar-refractivity contribution is 9.10. The van der Waals surface area contributed by atoms with Crippen molar-refractivity contribution in [1.29, 1.82) is 0 Å². The van der Waals surface area contributed by atoms with Gasteiger partial charge in [0.2, 0.25) is 0 Å². The summed E-state index contributed by atoms with van der Waals surface area (Å²) in [6.07, 6.45) is -1.28. The molecule has 0 spiro atoms. The summed E-state index contributed by atoms with van der Waals surface area (Å²) in [6.45, 7) is 0.0980. The second kappa shape index (κ2) is 10.1. The van der Waals surface area contributed by atoms with Gasteiger partial charge in [-0.25, -0.2) is 8.60 Å². The molecule has 0 fully saturated rings. The van der Waals surface area contributed by atoms with Crippen molar-refractivity contribution in [1.82, 2.24) is 4.57 Å². The minimum absolute atomic E-state index is 0.0325. The molecule has 178 valence electrons. The molecule has 0 amide bonds. The lowest BCUT2D eigenvalue weighted by Crippen LogP contribution is -2.34. The maximum absolute atomic E-state index is 15.8. The number of para-hydroxylation sites is 1. The summed E-state index contributed by atoms with van der Waals surface area (Å²) >= 11 is 7.11. The standard InChI is InChI=1S/C27H22Br2FN3OS/c28-18-6-12-26-24(14-18)25-15-19(29)7-13-27(25)32(26)16-20(30)17-33(22-4-2-1-3-5-22)35(34)23-10-8-21(31)9-11-23/h1-15,20H,16-17,31H2. The maximum Gasteiger partial charge on any atom is 0.153 e. The average Bonchev–Trinajstić information content (AvgIpc) is 3.15. The van der Waals surface area contributed by atoms with Crippen LogP contribution >= 0.6 is 31.9 Å². The number of hydrogen-bond donors (Lipinski definition) is 1. The van der Waals surface area contributed by atoms with Crippen molar-refractivity contribution in [2.24, 2.45) is 0 Å². The van der Waals surface area contributed by atoms with Crippen LogP contribution in [0.3, 0.4) is 0 Å². The molecule has 0 radical (unpaired) electrons. The lowest BCUT2D eigenvalue weighted by atomic mass is 10.2. The van der Waals surface area contributed by atoms with Crippen molar-refractivity contribution in [3.8, 4) is 0 Å². The topological polar surface area (TPSA) is 51.3 Å². The summed E-state index contributed by atoms with van der Waals surface area (Å²) in [4.78, 5) is 0.571. The van der Waals surface area contributed by atoms with E-state index in [9.17, 15) is 4.21 Å². The van der Waals surface area contributed by atoms with E-state index in [0.29, 0.717) is 16.3 Å². The van der Waals surface area contributed by atoms with Crippen molar-refractivity contribution in [2.75, 3.05) is 16.6 Å². The molecular formula is C27H22Br2FN3OS. The molecule has 4 aromatic carbocycles. The Hall–Kier alpha value is -2.68. The Kier molecular flexibility index (Phi) is 6.95. The van der Waals surface area contributed by atoms with Gasteiger partial charge < -0.3 is 10.3 Å². The first kappa shape index (κ1) is 24.0. The molecule has 0 saturated carbocycles. The summed E-state index contributed by atoms with van der Waals surface area (Å²) in [6, 6.07) is 28.2. The molecule has 0 aliphatic heterocycles. The van der Waals surface area contributed by atoms with Gasteiger partial charge in [0.25, 0.3) is 0 Å². The van der Waals surface area contributed by atoms with Gasteiger partial charge in [-0.05, 0) is 72.8 Å². The van der Waals surface area contributed by atoms with Crippen LogP contribution in [0.5, 0.6) is 0 Å². The van der Waals surface area contributed by atoms with Crippen molar-refractivity contribution < 1.29 is 8.60 Å². The second-order valence-corrected chi connectivity index (χ2v) is 11.5. The number of halogens is 3. The van der Waals surface area contributed by atoms with Gasteiger partial charge in [-0.3, -0.25) is 4.31 Å². The smallest absolute Gasteiger partial charge is 0.153 e. The number of aromatic nitrogens is 1. The van der Waals surface area contributed by atoms with Crippen molar-refractivity contribution in [3.05, 3.63) is 99.9 Å². The molecular weight excluding hydrogens is 593 g/mol. The summed E-state index contributed by atoms with van der Waals surface area (Å²) in [5, 5.41) is 2.10. The molecule has 0 saturated heterocycles. The molecule has 5 rings (SSSR count). The molecule has 4 nitrogen and oxygen atoms in total. The Labute approximate surface area is 222 Å². The lowest BCUT2D eigenvalue weighted by molar-refractivity contribution is 0.310. The van der Waals surface area contributed by atoms with Crippen LogP contribution in [-0.4, -0.2) is 21.5 Å². The summed E-state index contributed by atoms with van der Waals surface area (Å²) in [7, 11) is -1.59. The predicted octanol–water partition coefficient (Wildman–Crippen LogP) is 7.47. The lowest BCUT2D eigenvalue weighted by Gasteiger charge is -2.25. The quantitative estimate of drug-likeness (QED) is 0.193. The molecule has 2 N–H and O–H groups in total. The Bertz CT molecular complexity index is 1460. The number of hydrogen-bond acceptors (Lipinski definition) is 2. The zero-order chi connectivity index (χ0) is 24.5. The molecule has 5 aromatic rings. The van der Waals surface area contributed by atoms with E-state index in [1.165, 1.54) is 0 Å². The van der Waals surface area contributed by atoms with Crippen molar-refractivity contribution >= 4 is 76.0 Å². The third-order valence-electron chi connectivity index (χ3n) is 5.86. The van der Waals surface area contributed by atoms with Gasteiger partial charge in [0.05, 0.1) is 18.0 Å². The number of benzene rings is 4. The van der Waals surface area contributed by atoms with Gasteiger partial charge in [0.1, 0.15) is 6.17 Å². The molecule has 35 heavy (non-hydrogen) atoms. The first-order chi connectivity index (χ1) is 16.9. The van der Waals surface area contributed by atoms with Crippen LogP contribution < -0.4 is 10.0 Å². The number of nitrogens with zero attached hydrogens (tertiary/aromatic N) is 2. The second-order valence-electron chi connectivity index (χ2n) is 8.25. The maximum atomic E-state index is 15.8. The van der Waals surface area contributed by atoms with Gasteiger partial charge in [0, 0.05) is 42.1 Å². The predicted molar refractivity (Wildman–Crippen MR) is 151 cm³/mol. The van der Waals surface area contributed by atoms with Crippen LogP contribution in [0.1, 0.15) is 0 Å². The van der Waals surface area contributed by atoms with Crippen LogP contribution in [0.25, 0.3) is 21.8 Å². The number of fused-ring (bicyclic) bond motifs is 3. The van der Waals surface area contributed by atoms with E-state index in [1.54, 1.807) is 28.6 Å². The Morgan fingerprint density at radius 3 is 2.00 bits per heavy atom.